The van der Waals surface area contributed by atoms with Crippen molar-refractivity contribution in [3.63, 3.8) is 0 Å². The van der Waals surface area contributed by atoms with Crippen LogP contribution in [0, 0.1) is 12.8 Å². The molecule has 0 radical (unpaired) electrons. The Morgan fingerprint density at radius 1 is 1.22 bits per heavy atom. The van der Waals surface area contributed by atoms with Gasteiger partial charge in [-0.25, -0.2) is 0 Å². The van der Waals surface area contributed by atoms with Gasteiger partial charge in [-0.05, 0) is 32.4 Å². The Labute approximate surface area is 112 Å². The van der Waals surface area contributed by atoms with Crippen LogP contribution in [0.2, 0.25) is 0 Å². The van der Waals surface area contributed by atoms with Crippen LogP contribution >= 0.6 is 0 Å². The number of methoxy groups -OCH3 is 1. The molecule has 18 heavy (non-hydrogen) atoms. The summed E-state index contributed by atoms with van der Waals surface area (Å²) in [6.07, 6.45) is 3.70. The Morgan fingerprint density at radius 2 is 1.94 bits per heavy atom. The molecule has 0 fully saturated rings. The Kier molecular flexibility index (Phi) is 6.20. The summed E-state index contributed by atoms with van der Waals surface area (Å²) in [6.45, 7) is 6.69. The van der Waals surface area contributed by atoms with Crippen LogP contribution in [-0.2, 0) is 0 Å². The zero-order chi connectivity index (χ0) is 13.5. The van der Waals surface area contributed by atoms with E-state index >= 15 is 0 Å². The molecule has 102 valence electrons. The lowest BCUT2D eigenvalue weighted by molar-refractivity contribution is 0.394. The second-order valence-corrected chi connectivity index (χ2v) is 5.41. The molecule has 0 aliphatic carbocycles. The van der Waals surface area contributed by atoms with E-state index in [-0.39, 0.29) is 0 Å². The van der Waals surface area contributed by atoms with Crippen molar-refractivity contribution in [3.8, 4) is 5.75 Å². The van der Waals surface area contributed by atoms with Crippen molar-refractivity contribution in [1.82, 2.24) is 5.32 Å². The molecule has 0 heterocycles. The summed E-state index contributed by atoms with van der Waals surface area (Å²) in [5.41, 5.74) is 2.57. The van der Waals surface area contributed by atoms with Gasteiger partial charge in [0.25, 0.3) is 0 Å². The van der Waals surface area contributed by atoms with Crippen molar-refractivity contribution >= 4 is 0 Å². The van der Waals surface area contributed by atoms with Gasteiger partial charge in [-0.3, -0.25) is 0 Å². The van der Waals surface area contributed by atoms with Crippen molar-refractivity contribution in [2.75, 3.05) is 14.2 Å². The SMILES string of the molecule is CNC(CCCC(C)C)c1cc(C)ccc1OC. The standard InChI is InChI=1S/C16H27NO/c1-12(2)7-6-8-15(17-4)14-11-13(3)9-10-16(14)18-5/h9-12,15,17H,6-8H2,1-5H3. The molecule has 1 N–H and O–H groups in total. The van der Waals surface area contributed by atoms with Gasteiger partial charge in [0.15, 0.2) is 0 Å². The summed E-state index contributed by atoms with van der Waals surface area (Å²) in [4.78, 5) is 0. The quantitative estimate of drug-likeness (QED) is 0.786. The van der Waals surface area contributed by atoms with Crippen molar-refractivity contribution in [3.05, 3.63) is 29.3 Å². The highest BCUT2D eigenvalue weighted by atomic mass is 16.5. The minimum absolute atomic E-state index is 0.388. The van der Waals surface area contributed by atoms with Crippen LogP contribution in [0.15, 0.2) is 18.2 Å². The van der Waals surface area contributed by atoms with E-state index in [4.69, 9.17) is 4.74 Å². The fourth-order valence-corrected chi connectivity index (χ4v) is 2.31. The van der Waals surface area contributed by atoms with Gasteiger partial charge in [0.1, 0.15) is 5.75 Å². The molecular weight excluding hydrogens is 222 g/mol. The van der Waals surface area contributed by atoms with Crippen LogP contribution in [0.5, 0.6) is 5.75 Å². The zero-order valence-electron chi connectivity index (χ0n) is 12.4. The molecule has 1 aromatic rings. The number of benzene rings is 1. The van der Waals surface area contributed by atoms with E-state index in [0.717, 1.165) is 18.1 Å². The summed E-state index contributed by atoms with van der Waals surface area (Å²) in [6, 6.07) is 6.79. The predicted octanol–water partition coefficient (Wildman–Crippen LogP) is 4.09. The molecule has 0 saturated heterocycles. The maximum Gasteiger partial charge on any atom is 0.123 e. The molecule has 2 nitrogen and oxygen atoms in total. The van der Waals surface area contributed by atoms with Crippen LogP contribution in [0.4, 0.5) is 0 Å². The van der Waals surface area contributed by atoms with Gasteiger partial charge in [0, 0.05) is 11.6 Å². The van der Waals surface area contributed by atoms with Crippen molar-refractivity contribution in [1.29, 1.82) is 0 Å². The molecule has 0 amide bonds. The largest absolute Gasteiger partial charge is 0.496 e. The maximum absolute atomic E-state index is 5.47. The molecule has 1 rings (SSSR count). The van der Waals surface area contributed by atoms with Crippen LogP contribution in [0.25, 0.3) is 0 Å². The van der Waals surface area contributed by atoms with Crippen molar-refractivity contribution in [2.24, 2.45) is 5.92 Å². The highest BCUT2D eigenvalue weighted by molar-refractivity contribution is 5.39. The molecule has 0 aromatic heterocycles. The Balaban J connectivity index is 2.77. The monoisotopic (exact) mass is 249 g/mol. The highest BCUT2D eigenvalue weighted by Gasteiger charge is 2.14. The van der Waals surface area contributed by atoms with Crippen LogP contribution in [-0.4, -0.2) is 14.2 Å². The van der Waals surface area contributed by atoms with E-state index in [0.29, 0.717) is 6.04 Å². The number of aryl methyl sites for hydroxylation is 1. The van der Waals surface area contributed by atoms with E-state index in [1.165, 1.54) is 24.0 Å². The second kappa shape index (κ2) is 7.42. The topological polar surface area (TPSA) is 21.3 Å². The van der Waals surface area contributed by atoms with E-state index < -0.39 is 0 Å². The summed E-state index contributed by atoms with van der Waals surface area (Å²) < 4.78 is 5.47. The summed E-state index contributed by atoms with van der Waals surface area (Å²) in [7, 11) is 3.77. The smallest absolute Gasteiger partial charge is 0.123 e. The third-order valence-electron chi connectivity index (χ3n) is 3.38. The van der Waals surface area contributed by atoms with Gasteiger partial charge in [0.2, 0.25) is 0 Å². The Morgan fingerprint density at radius 3 is 2.50 bits per heavy atom. The lowest BCUT2D eigenvalue weighted by atomic mass is 9.96. The lowest BCUT2D eigenvalue weighted by Crippen LogP contribution is -2.17. The van der Waals surface area contributed by atoms with Crippen LogP contribution in [0.3, 0.4) is 0 Å². The first kappa shape index (κ1) is 15.0. The summed E-state index contributed by atoms with van der Waals surface area (Å²) in [5, 5.41) is 3.41. The van der Waals surface area contributed by atoms with Crippen LogP contribution < -0.4 is 10.1 Å². The normalized spacial score (nSPS) is 12.8. The highest BCUT2D eigenvalue weighted by Crippen LogP contribution is 2.29. The second-order valence-electron chi connectivity index (χ2n) is 5.41. The van der Waals surface area contributed by atoms with Gasteiger partial charge in [-0.2, -0.15) is 0 Å². The first-order valence-electron chi connectivity index (χ1n) is 6.90. The number of ether oxygens (including phenoxy) is 1. The summed E-state index contributed by atoms with van der Waals surface area (Å²) >= 11 is 0. The van der Waals surface area contributed by atoms with E-state index in [9.17, 15) is 0 Å². The number of rotatable bonds is 7. The molecule has 0 aliphatic rings. The summed E-state index contributed by atoms with van der Waals surface area (Å²) in [5.74, 6) is 1.77. The van der Waals surface area contributed by atoms with Gasteiger partial charge >= 0.3 is 0 Å². The molecule has 0 saturated carbocycles. The average Bonchev–Trinajstić information content (AvgIpc) is 2.34. The average molecular weight is 249 g/mol. The first-order chi connectivity index (χ1) is 8.58. The Hall–Kier alpha value is -1.02. The van der Waals surface area contributed by atoms with Crippen molar-refractivity contribution < 1.29 is 4.74 Å². The van der Waals surface area contributed by atoms with Gasteiger partial charge in [-0.15, -0.1) is 0 Å². The third kappa shape index (κ3) is 4.34. The molecule has 2 heteroatoms. The Bertz CT molecular complexity index is 360. The van der Waals surface area contributed by atoms with Gasteiger partial charge < -0.3 is 10.1 Å². The maximum atomic E-state index is 5.47. The molecule has 0 aliphatic heterocycles. The molecule has 1 atom stereocenters. The van der Waals surface area contributed by atoms with Gasteiger partial charge in [-0.1, -0.05) is 44.4 Å². The lowest BCUT2D eigenvalue weighted by Gasteiger charge is -2.20. The number of hydrogen-bond donors (Lipinski definition) is 1. The molecule has 0 spiro atoms. The van der Waals surface area contributed by atoms with Crippen LogP contribution in [0.1, 0.15) is 50.3 Å². The molecular formula is C16H27NO. The predicted molar refractivity (Wildman–Crippen MR) is 78.2 cm³/mol. The van der Waals surface area contributed by atoms with E-state index in [2.05, 4.69) is 44.3 Å². The van der Waals surface area contributed by atoms with E-state index in [1.807, 2.05) is 7.05 Å². The first-order valence-corrected chi connectivity index (χ1v) is 6.90. The van der Waals surface area contributed by atoms with E-state index in [1.54, 1.807) is 7.11 Å². The minimum Gasteiger partial charge on any atom is -0.496 e. The molecule has 1 aromatic carbocycles. The number of hydrogen-bond acceptors (Lipinski definition) is 2. The number of nitrogens with one attached hydrogen (secondary N) is 1. The molecule has 0 bridgehead atoms. The zero-order valence-corrected chi connectivity index (χ0v) is 12.4. The fourth-order valence-electron chi connectivity index (χ4n) is 2.31. The molecule has 1 unspecified atom stereocenters. The van der Waals surface area contributed by atoms with Gasteiger partial charge in [0.05, 0.1) is 7.11 Å². The fraction of sp³-hybridized carbons (Fsp3) is 0.625. The third-order valence-corrected chi connectivity index (χ3v) is 3.38. The van der Waals surface area contributed by atoms with Crippen molar-refractivity contribution in [2.45, 2.75) is 46.1 Å². The minimum atomic E-state index is 0.388.